The van der Waals surface area contributed by atoms with Crippen LogP contribution in [0.5, 0.6) is 0 Å². The molecule has 0 bridgehead atoms. The Bertz CT molecular complexity index is 652. The molecule has 1 aromatic heterocycles. The zero-order chi connectivity index (χ0) is 14.3. The highest BCUT2D eigenvalue weighted by molar-refractivity contribution is 5.83. The number of nitrogens with zero attached hydrogens (tertiary/aromatic N) is 1. The van der Waals surface area contributed by atoms with Crippen LogP contribution in [0.3, 0.4) is 0 Å². The Balaban J connectivity index is 1.93. The van der Waals surface area contributed by atoms with E-state index in [0.717, 1.165) is 22.3 Å². The summed E-state index contributed by atoms with van der Waals surface area (Å²) in [5.74, 6) is 0.340. The molecule has 0 aliphatic carbocycles. The zero-order valence-electron chi connectivity index (χ0n) is 11.3. The molecule has 0 saturated carbocycles. The molecule has 106 valence electrons. The SMILES string of the molecule is Cc1oc2ccccc2c1CN1C[C@H](F)C[C@H]1C(N)=O. The van der Waals surface area contributed by atoms with E-state index in [4.69, 9.17) is 10.2 Å². The lowest BCUT2D eigenvalue weighted by atomic mass is 10.1. The molecule has 4 nitrogen and oxygen atoms in total. The second kappa shape index (κ2) is 4.90. The summed E-state index contributed by atoms with van der Waals surface area (Å²) in [5.41, 5.74) is 7.17. The van der Waals surface area contributed by atoms with Gasteiger partial charge in [0.15, 0.2) is 0 Å². The number of furan rings is 1. The maximum absolute atomic E-state index is 13.6. The minimum atomic E-state index is -0.994. The lowest BCUT2D eigenvalue weighted by Gasteiger charge is -2.21. The summed E-state index contributed by atoms with van der Waals surface area (Å²) >= 11 is 0. The van der Waals surface area contributed by atoms with E-state index in [0.29, 0.717) is 6.54 Å². The number of alkyl halides is 1. The van der Waals surface area contributed by atoms with Crippen LogP contribution in [0.15, 0.2) is 28.7 Å². The van der Waals surface area contributed by atoms with Crippen LogP contribution in [0.2, 0.25) is 0 Å². The van der Waals surface area contributed by atoms with Crippen molar-refractivity contribution >= 4 is 16.9 Å². The van der Waals surface area contributed by atoms with Gasteiger partial charge >= 0.3 is 0 Å². The molecule has 1 aliphatic rings. The van der Waals surface area contributed by atoms with E-state index in [-0.39, 0.29) is 13.0 Å². The number of fused-ring (bicyclic) bond motifs is 1. The number of nitrogens with two attached hydrogens (primary N) is 1. The van der Waals surface area contributed by atoms with Crippen LogP contribution in [-0.2, 0) is 11.3 Å². The monoisotopic (exact) mass is 276 g/mol. The van der Waals surface area contributed by atoms with Crippen molar-refractivity contribution in [3.63, 3.8) is 0 Å². The highest BCUT2D eigenvalue weighted by Gasteiger charge is 2.36. The number of hydrogen-bond donors (Lipinski definition) is 1. The first-order chi connectivity index (χ1) is 9.56. The van der Waals surface area contributed by atoms with Gasteiger partial charge in [0.25, 0.3) is 0 Å². The minimum absolute atomic E-state index is 0.185. The van der Waals surface area contributed by atoms with Crippen molar-refractivity contribution in [1.29, 1.82) is 0 Å². The van der Waals surface area contributed by atoms with Crippen LogP contribution >= 0.6 is 0 Å². The molecule has 1 amide bonds. The van der Waals surface area contributed by atoms with Gasteiger partial charge in [-0.05, 0) is 13.0 Å². The Kier molecular flexibility index (Phi) is 3.22. The topological polar surface area (TPSA) is 59.5 Å². The molecular weight excluding hydrogens is 259 g/mol. The van der Waals surface area contributed by atoms with Crippen LogP contribution in [0.1, 0.15) is 17.7 Å². The third-order valence-electron chi connectivity index (χ3n) is 3.94. The largest absolute Gasteiger partial charge is 0.461 e. The van der Waals surface area contributed by atoms with E-state index < -0.39 is 18.1 Å². The minimum Gasteiger partial charge on any atom is -0.461 e. The molecule has 2 aromatic rings. The number of benzene rings is 1. The predicted octanol–water partition coefficient (Wildman–Crippen LogP) is 2.14. The van der Waals surface area contributed by atoms with Gasteiger partial charge in [-0.2, -0.15) is 0 Å². The molecule has 1 aromatic carbocycles. The van der Waals surface area contributed by atoms with Crippen molar-refractivity contribution in [3.8, 4) is 0 Å². The fraction of sp³-hybridized carbons (Fsp3) is 0.400. The van der Waals surface area contributed by atoms with Gasteiger partial charge in [-0.1, -0.05) is 18.2 Å². The molecule has 1 saturated heterocycles. The molecule has 2 heterocycles. The number of hydrogen-bond acceptors (Lipinski definition) is 3. The van der Waals surface area contributed by atoms with Gasteiger partial charge in [0.1, 0.15) is 17.5 Å². The van der Waals surface area contributed by atoms with Gasteiger partial charge in [-0.3, -0.25) is 9.69 Å². The van der Waals surface area contributed by atoms with Gasteiger partial charge in [-0.25, -0.2) is 4.39 Å². The molecule has 3 rings (SSSR count). The van der Waals surface area contributed by atoms with Crippen molar-refractivity contribution in [1.82, 2.24) is 4.90 Å². The van der Waals surface area contributed by atoms with E-state index in [1.807, 2.05) is 31.2 Å². The number of halogens is 1. The highest BCUT2D eigenvalue weighted by atomic mass is 19.1. The van der Waals surface area contributed by atoms with E-state index in [1.54, 1.807) is 4.90 Å². The van der Waals surface area contributed by atoms with Crippen LogP contribution in [-0.4, -0.2) is 29.6 Å². The van der Waals surface area contributed by atoms with Gasteiger partial charge in [-0.15, -0.1) is 0 Å². The van der Waals surface area contributed by atoms with Crippen molar-refractivity contribution < 1.29 is 13.6 Å². The Hall–Kier alpha value is -1.88. The van der Waals surface area contributed by atoms with Gasteiger partial charge in [0.2, 0.25) is 5.91 Å². The summed E-state index contributed by atoms with van der Waals surface area (Å²) in [5, 5.41) is 1.01. The first-order valence-corrected chi connectivity index (χ1v) is 6.70. The second-order valence-electron chi connectivity index (χ2n) is 5.31. The van der Waals surface area contributed by atoms with Crippen molar-refractivity contribution in [2.24, 2.45) is 5.73 Å². The molecule has 2 N–H and O–H groups in total. The average Bonchev–Trinajstić information content (AvgIpc) is 2.92. The summed E-state index contributed by atoms with van der Waals surface area (Å²) in [4.78, 5) is 13.2. The first kappa shape index (κ1) is 13.1. The fourth-order valence-electron chi connectivity index (χ4n) is 2.94. The first-order valence-electron chi connectivity index (χ1n) is 6.70. The number of likely N-dealkylation sites (tertiary alicyclic amines) is 1. The molecule has 20 heavy (non-hydrogen) atoms. The summed E-state index contributed by atoms with van der Waals surface area (Å²) in [7, 11) is 0. The fourth-order valence-corrected chi connectivity index (χ4v) is 2.94. The number of aryl methyl sites for hydroxylation is 1. The summed E-state index contributed by atoms with van der Waals surface area (Å²) < 4.78 is 19.2. The highest BCUT2D eigenvalue weighted by Crippen LogP contribution is 2.29. The summed E-state index contributed by atoms with van der Waals surface area (Å²) in [6.07, 6.45) is -0.810. The maximum Gasteiger partial charge on any atom is 0.234 e. The molecule has 0 spiro atoms. The Labute approximate surface area is 116 Å². The standard InChI is InChI=1S/C15H17FN2O2/c1-9-12(11-4-2-3-5-14(11)20-9)8-18-7-10(16)6-13(18)15(17)19/h2-5,10,13H,6-8H2,1H3,(H2,17,19)/t10-,13+/m1/s1. The lowest BCUT2D eigenvalue weighted by molar-refractivity contribution is -0.122. The van der Waals surface area contributed by atoms with Crippen molar-refractivity contribution in [2.75, 3.05) is 6.54 Å². The molecule has 1 aliphatic heterocycles. The van der Waals surface area contributed by atoms with Gasteiger partial charge in [0, 0.05) is 30.5 Å². The summed E-state index contributed by atoms with van der Waals surface area (Å²) in [6.45, 7) is 2.61. The maximum atomic E-state index is 13.6. The number of amides is 1. The second-order valence-corrected chi connectivity index (χ2v) is 5.31. The van der Waals surface area contributed by atoms with Gasteiger partial charge < -0.3 is 10.2 Å². The van der Waals surface area contributed by atoms with E-state index in [1.165, 1.54) is 0 Å². The quantitative estimate of drug-likeness (QED) is 0.934. The lowest BCUT2D eigenvalue weighted by Crippen LogP contribution is -2.39. The van der Waals surface area contributed by atoms with Crippen LogP contribution in [0.25, 0.3) is 11.0 Å². The van der Waals surface area contributed by atoms with E-state index in [9.17, 15) is 9.18 Å². The number of carbonyl (C=O) groups is 1. The number of primary amides is 1. The number of carbonyl (C=O) groups excluding carboxylic acids is 1. The Morgan fingerprint density at radius 3 is 3.00 bits per heavy atom. The van der Waals surface area contributed by atoms with E-state index in [2.05, 4.69) is 0 Å². The van der Waals surface area contributed by atoms with Crippen molar-refractivity contribution in [3.05, 3.63) is 35.6 Å². The van der Waals surface area contributed by atoms with Crippen LogP contribution in [0, 0.1) is 6.92 Å². The van der Waals surface area contributed by atoms with Crippen LogP contribution in [0.4, 0.5) is 4.39 Å². The summed E-state index contributed by atoms with van der Waals surface area (Å²) in [6, 6.07) is 7.20. The van der Waals surface area contributed by atoms with Crippen molar-refractivity contribution in [2.45, 2.75) is 32.1 Å². The third-order valence-corrected chi connectivity index (χ3v) is 3.94. The molecular formula is C15H17FN2O2. The molecule has 1 fully saturated rings. The zero-order valence-corrected chi connectivity index (χ0v) is 11.3. The predicted molar refractivity (Wildman–Crippen MR) is 73.9 cm³/mol. The Morgan fingerprint density at radius 1 is 1.50 bits per heavy atom. The molecule has 0 unspecified atom stereocenters. The average molecular weight is 276 g/mol. The molecule has 0 radical (unpaired) electrons. The Morgan fingerprint density at radius 2 is 2.25 bits per heavy atom. The number of para-hydroxylation sites is 1. The number of rotatable bonds is 3. The normalized spacial score (nSPS) is 23.5. The molecule has 2 atom stereocenters. The van der Waals surface area contributed by atoms with Gasteiger partial charge in [0.05, 0.1) is 6.04 Å². The third kappa shape index (κ3) is 2.18. The molecule has 5 heteroatoms. The van der Waals surface area contributed by atoms with Crippen LogP contribution < -0.4 is 5.73 Å². The smallest absolute Gasteiger partial charge is 0.234 e. The van der Waals surface area contributed by atoms with E-state index >= 15 is 0 Å².